The van der Waals surface area contributed by atoms with Crippen LogP contribution in [0.4, 0.5) is 14.5 Å². The van der Waals surface area contributed by atoms with Gasteiger partial charge in [-0.25, -0.2) is 8.78 Å². The number of anilines is 1. The predicted octanol–water partition coefficient (Wildman–Crippen LogP) is 5.76. The number of amides is 1. The largest absolute Gasteiger partial charge is 0.497 e. The van der Waals surface area contributed by atoms with Gasteiger partial charge in [-0.3, -0.25) is 14.2 Å². The van der Waals surface area contributed by atoms with Gasteiger partial charge in [0, 0.05) is 21.8 Å². The second kappa shape index (κ2) is 9.03. The molecular weight excluding hydrogens is 449 g/mol. The second-order valence-electron chi connectivity index (χ2n) is 7.44. The van der Waals surface area contributed by atoms with Gasteiger partial charge in [0.15, 0.2) is 0 Å². The minimum atomic E-state index is -0.738. The fraction of sp³-hybridized carbons (Fsp3) is 0.120. The fourth-order valence-corrected chi connectivity index (χ4v) is 3.92. The molecule has 8 heteroatoms. The molecule has 168 valence electrons. The van der Waals surface area contributed by atoms with Crippen LogP contribution in [-0.4, -0.2) is 23.5 Å². The number of ether oxygens (including phenoxy) is 1. The number of nitrogens with one attached hydrogen (secondary N) is 1. The Kier molecular flexibility index (Phi) is 6.16. The van der Waals surface area contributed by atoms with Crippen molar-refractivity contribution in [3.05, 3.63) is 94.1 Å². The summed E-state index contributed by atoms with van der Waals surface area (Å²) in [5, 5.41) is 3.53. The summed E-state index contributed by atoms with van der Waals surface area (Å²) in [6.07, 6.45) is -0.0593. The fourth-order valence-electron chi connectivity index (χ4n) is 3.76. The van der Waals surface area contributed by atoms with E-state index in [1.54, 1.807) is 25.1 Å². The molecule has 0 unspecified atom stereocenters. The average Bonchev–Trinajstić information content (AvgIpc) is 3.05. The van der Waals surface area contributed by atoms with Gasteiger partial charge in [-0.2, -0.15) is 0 Å². The van der Waals surface area contributed by atoms with Crippen LogP contribution in [0.5, 0.6) is 5.75 Å². The first-order chi connectivity index (χ1) is 15.8. The molecule has 33 heavy (non-hydrogen) atoms. The SMILES string of the molecule is COc1ccc2c(c1)c(CC(=O)Nc1ccc([18F])cc1)c(C)n2C(=O)c1ccc(Cl)cc1F. The highest BCUT2D eigenvalue weighted by Gasteiger charge is 2.23. The van der Waals surface area contributed by atoms with Crippen molar-refractivity contribution >= 4 is 40.0 Å². The quantitative estimate of drug-likeness (QED) is 0.406. The van der Waals surface area contributed by atoms with E-state index in [2.05, 4.69) is 5.32 Å². The first-order valence-electron chi connectivity index (χ1n) is 10.0. The summed E-state index contributed by atoms with van der Waals surface area (Å²) >= 11 is 5.83. The van der Waals surface area contributed by atoms with Crippen LogP contribution in [0.3, 0.4) is 0 Å². The minimum Gasteiger partial charge on any atom is -0.497 e. The molecule has 4 aromatic rings. The molecule has 0 aliphatic carbocycles. The highest BCUT2D eigenvalue weighted by molar-refractivity contribution is 6.30. The van der Waals surface area contributed by atoms with Crippen molar-refractivity contribution in [2.45, 2.75) is 13.3 Å². The molecule has 4 rings (SSSR count). The number of fused-ring (bicyclic) bond motifs is 1. The van der Waals surface area contributed by atoms with Crippen LogP contribution >= 0.6 is 11.6 Å². The third-order valence-electron chi connectivity index (χ3n) is 5.37. The molecule has 5 nitrogen and oxygen atoms in total. The van der Waals surface area contributed by atoms with Crippen molar-refractivity contribution < 1.29 is 23.1 Å². The van der Waals surface area contributed by atoms with E-state index in [1.165, 1.54) is 48.1 Å². The van der Waals surface area contributed by atoms with Gasteiger partial charge in [0.1, 0.15) is 17.4 Å². The summed E-state index contributed by atoms with van der Waals surface area (Å²) < 4.78 is 34.3. The molecule has 0 atom stereocenters. The van der Waals surface area contributed by atoms with Crippen molar-refractivity contribution in [2.75, 3.05) is 12.4 Å². The van der Waals surface area contributed by atoms with Crippen LogP contribution in [0.2, 0.25) is 5.02 Å². The van der Waals surface area contributed by atoms with E-state index in [1.807, 2.05) is 0 Å². The highest BCUT2D eigenvalue weighted by atomic mass is 35.5. The molecule has 0 saturated carbocycles. The first-order valence-corrected chi connectivity index (χ1v) is 10.4. The third-order valence-corrected chi connectivity index (χ3v) is 5.61. The smallest absolute Gasteiger partial charge is 0.265 e. The molecule has 1 aromatic heterocycles. The van der Waals surface area contributed by atoms with Gasteiger partial charge in [0.25, 0.3) is 5.91 Å². The minimum absolute atomic E-state index is 0.0593. The van der Waals surface area contributed by atoms with Crippen LogP contribution < -0.4 is 10.1 Å². The lowest BCUT2D eigenvalue weighted by Gasteiger charge is -2.09. The van der Waals surface area contributed by atoms with Crippen LogP contribution in [-0.2, 0) is 11.2 Å². The first kappa shape index (κ1) is 22.5. The van der Waals surface area contributed by atoms with E-state index in [-0.39, 0.29) is 22.9 Å². The summed E-state index contributed by atoms with van der Waals surface area (Å²) in [6, 6.07) is 14.4. The summed E-state index contributed by atoms with van der Waals surface area (Å²) in [4.78, 5) is 26.1. The Labute approximate surface area is 193 Å². The Morgan fingerprint density at radius 1 is 1.03 bits per heavy atom. The second-order valence-corrected chi connectivity index (χ2v) is 7.88. The van der Waals surface area contributed by atoms with Crippen LogP contribution in [0.25, 0.3) is 10.9 Å². The zero-order chi connectivity index (χ0) is 23.7. The van der Waals surface area contributed by atoms with Gasteiger partial charge in [-0.15, -0.1) is 0 Å². The Morgan fingerprint density at radius 3 is 2.42 bits per heavy atom. The van der Waals surface area contributed by atoms with Crippen LogP contribution in [0, 0.1) is 18.6 Å². The lowest BCUT2D eigenvalue weighted by molar-refractivity contribution is -0.115. The lowest BCUT2D eigenvalue weighted by atomic mass is 10.1. The van der Waals surface area contributed by atoms with E-state index < -0.39 is 17.5 Å². The molecular formula is C25H19ClF2N2O3. The Bertz CT molecular complexity index is 1380. The van der Waals surface area contributed by atoms with Crippen molar-refractivity contribution in [3.63, 3.8) is 0 Å². The van der Waals surface area contributed by atoms with Gasteiger partial charge in [-0.1, -0.05) is 11.6 Å². The van der Waals surface area contributed by atoms with E-state index in [9.17, 15) is 18.4 Å². The number of halogens is 3. The van der Waals surface area contributed by atoms with Gasteiger partial charge >= 0.3 is 0 Å². The van der Waals surface area contributed by atoms with Crippen molar-refractivity contribution in [1.29, 1.82) is 0 Å². The molecule has 0 fully saturated rings. The predicted molar refractivity (Wildman–Crippen MR) is 123 cm³/mol. The zero-order valence-electron chi connectivity index (χ0n) is 17.8. The number of carbonyl (C=O) groups excluding carboxylic acids is 2. The maximum atomic E-state index is 14.5. The normalized spacial score (nSPS) is 10.9. The number of rotatable bonds is 5. The van der Waals surface area contributed by atoms with Gasteiger partial charge in [0.05, 0.1) is 24.6 Å². The average molecular weight is 468 g/mol. The molecule has 1 heterocycles. The zero-order valence-corrected chi connectivity index (χ0v) is 18.5. The van der Waals surface area contributed by atoms with E-state index in [4.69, 9.17) is 16.3 Å². The molecule has 0 saturated heterocycles. The molecule has 0 radical (unpaired) electrons. The number of nitrogens with zero attached hydrogens (tertiary/aromatic N) is 1. The standard InChI is InChI=1S/C25H19ClF2N2O3/c1-14-20(13-24(31)29-17-6-4-16(27)5-7-17)21-12-18(33-2)8-10-23(21)30(14)25(32)19-9-3-15(26)11-22(19)28/h3-12H,13H2,1-2H3,(H,29,31)/i27-1. The Morgan fingerprint density at radius 2 is 1.76 bits per heavy atom. The highest BCUT2D eigenvalue weighted by Crippen LogP contribution is 2.31. The Balaban J connectivity index is 1.77. The summed E-state index contributed by atoms with van der Waals surface area (Å²) in [5.41, 5.74) is 1.90. The van der Waals surface area contributed by atoms with E-state index in [0.29, 0.717) is 33.6 Å². The van der Waals surface area contributed by atoms with Gasteiger partial charge < -0.3 is 10.1 Å². The number of benzene rings is 3. The third kappa shape index (κ3) is 4.45. The molecule has 1 amide bonds. The number of methoxy groups -OCH3 is 1. The number of carbonyl (C=O) groups is 2. The summed E-state index contributed by atoms with van der Waals surface area (Å²) in [6.45, 7) is 1.69. The maximum Gasteiger partial charge on any atom is 0.265 e. The molecule has 0 bridgehead atoms. The molecule has 0 aliphatic rings. The Hall–Kier alpha value is -3.71. The van der Waals surface area contributed by atoms with Crippen LogP contribution in [0.15, 0.2) is 60.7 Å². The number of hydrogen-bond acceptors (Lipinski definition) is 3. The summed E-state index contributed by atoms with van der Waals surface area (Å²) in [5.74, 6) is -1.53. The monoisotopic (exact) mass is 467 g/mol. The molecule has 0 aliphatic heterocycles. The van der Waals surface area contributed by atoms with Gasteiger partial charge in [-0.05, 0) is 73.2 Å². The van der Waals surface area contributed by atoms with Crippen LogP contribution in [0.1, 0.15) is 21.6 Å². The number of aromatic nitrogens is 1. The summed E-state index contributed by atoms with van der Waals surface area (Å²) in [7, 11) is 1.51. The topological polar surface area (TPSA) is 60.3 Å². The van der Waals surface area contributed by atoms with E-state index in [0.717, 1.165) is 6.07 Å². The van der Waals surface area contributed by atoms with Crippen molar-refractivity contribution in [3.8, 4) is 5.75 Å². The van der Waals surface area contributed by atoms with Crippen molar-refractivity contribution in [2.24, 2.45) is 0 Å². The lowest BCUT2D eigenvalue weighted by Crippen LogP contribution is -2.17. The van der Waals surface area contributed by atoms with Gasteiger partial charge in [0.2, 0.25) is 5.91 Å². The molecule has 3 aromatic carbocycles. The van der Waals surface area contributed by atoms with E-state index >= 15 is 0 Å². The molecule has 1 N–H and O–H groups in total. The molecule has 0 spiro atoms. The maximum absolute atomic E-state index is 14.5. The van der Waals surface area contributed by atoms with Crippen molar-refractivity contribution in [1.82, 2.24) is 4.57 Å². The number of hydrogen-bond donors (Lipinski definition) is 1.